The van der Waals surface area contributed by atoms with E-state index in [2.05, 4.69) is 60.9 Å². The molecule has 2 aromatic heterocycles. The molecule has 1 aliphatic heterocycles. The van der Waals surface area contributed by atoms with Gasteiger partial charge in [-0.25, -0.2) is 9.97 Å². The molecule has 178 valence electrons. The summed E-state index contributed by atoms with van der Waals surface area (Å²) in [5, 5.41) is 4.43. The number of aromatic amines is 1. The summed E-state index contributed by atoms with van der Waals surface area (Å²) in [5.41, 5.74) is 4.07. The average Bonchev–Trinajstić information content (AvgIpc) is 3.18. The van der Waals surface area contributed by atoms with E-state index in [1.807, 2.05) is 12.1 Å². The molecule has 2 aromatic carbocycles. The third-order valence-electron chi connectivity index (χ3n) is 6.20. The zero-order chi connectivity index (χ0) is 23.3. The highest BCUT2D eigenvalue weighted by molar-refractivity contribution is 7.71. The summed E-state index contributed by atoms with van der Waals surface area (Å²) in [5.74, 6) is 1.69. The Bertz CT molecular complexity index is 1330. The van der Waals surface area contributed by atoms with Crippen molar-refractivity contribution in [2.24, 2.45) is 0 Å². The first kappa shape index (κ1) is 22.8. The molecule has 1 saturated heterocycles. The van der Waals surface area contributed by atoms with Gasteiger partial charge in [0.25, 0.3) is 0 Å². The molecule has 2 N–H and O–H groups in total. The summed E-state index contributed by atoms with van der Waals surface area (Å²) >= 11 is 5.46. The van der Waals surface area contributed by atoms with E-state index in [0.29, 0.717) is 13.2 Å². The molecule has 1 aliphatic rings. The van der Waals surface area contributed by atoms with Gasteiger partial charge in [-0.05, 0) is 55.4 Å². The Morgan fingerprint density at radius 3 is 2.91 bits per heavy atom. The van der Waals surface area contributed by atoms with Gasteiger partial charge in [0, 0.05) is 38.1 Å². The largest absolute Gasteiger partial charge is 0.494 e. The number of rotatable bonds is 9. The highest BCUT2D eigenvalue weighted by Crippen LogP contribution is 2.26. The van der Waals surface area contributed by atoms with Gasteiger partial charge in [0.05, 0.1) is 36.4 Å². The van der Waals surface area contributed by atoms with Crippen LogP contribution in [-0.4, -0.2) is 63.9 Å². The van der Waals surface area contributed by atoms with Gasteiger partial charge in [0.1, 0.15) is 17.9 Å². The van der Waals surface area contributed by atoms with Crippen molar-refractivity contribution >= 4 is 40.0 Å². The van der Waals surface area contributed by atoms with Crippen LogP contribution in [0.4, 0.5) is 5.82 Å². The minimum atomic E-state index is 0.640. The van der Waals surface area contributed by atoms with Gasteiger partial charge in [-0.1, -0.05) is 12.1 Å². The number of nitrogens with zero attached hydrogens (tertiary/aromatic N) is 4. The van der Waals surface area contributed by atoms with Crippen LogP contribution in [-0.2, 0) is 17.8 Å². The maximum Gasteiger partial charge on any atom is 0.178 e. The van der Waals surface area contributed by atoms with Gasteiger partial charge >= 0.3 is 0 Å². The molecular formula is C25H30N6O2S. The average molecular weight is 479 g/mol. The minimum Gasteiger partial charge on any atom is -0.494 e. The number of imidazole rings is 1. The predicted molar refractivity (Wildman–Crippen MR) is 137 cm³/mol. The second-order valence-electron chi connectivity index (χ2n) is 8.44. The molecule has 0 spiro atoms. The molecule has 3 heterocycles. The molecule has 0 saturated carbocycles. The van der Waals surface area contributed by atoms with Crippen LogP contribution in [0.25, 0.3) is 21.9 Å². The molecule has 0 amide bonds. The maximum absolute atomic E-state index is 6.00. The molecule has 0 atom stereocenters. The fourth-order valence-electron chi connectivity index (χ4n) is 4.40. The van der Waals surface area contributed by atoms with E-state index < -0.39 is 0 Å². The van der Waals surface area contributed by atoms with E-state index in [-0.39, 0.29) is 0 Å². The normalized spacial score (nSPS) is 14.6. The number of nitrogens with one attached hydrogen (secondary N) is 2. The molecule has 0 radical (unpaired) electrons. The molecule has 0 aliphatic carbocycles. The molecule has 0 bridgehead atoms. The number of aromatic nitrogens is 4. The van der Waals surface area contributed by atoms with Gasteiger partial charge in [-0.3, -0.25) is 4.90 Å². The zero-order valence-electron chi connectivity index (χ0n) is 19.4. The number of morpholine rings is 1. The summed E-state index contributed by atoms with van der Waals surface area (Å²) in [4.78, 5) is 14.7. The van der Waals surface area contributed by atoms with E-state index in [1.165, 1.54) is 0 Å². The van der Waals surface area contributed by atoms with Crippen LogP contribution in [0.5, 0.6) is 5.75 Å². The Morgan fingerprint density at radius 2 is 2.06 bits per heavy atom. The lowest BCUT2D eigenvalue weighted by Crippen LogP contribution is -2.37. The van der Waals surface area contributed by atoms with Crippen LogP contribution in [0.2, 0.25) is 0 Å². The van der Waals surface area contributed by atoms with E-state index >= 15 is 0 Å². The number of hydrogen-bond donors (Lipinski definition) is 2. The molecule has 9 heteroatoms. The van der Waals surface area contributed by atoms with E-state index in [1.54, 1.807) is 6.33 Å². The van der Waals surface area contributed by atoms with Crippen molar-refractivity contribution in [1.29, 1.82) is 0 Å². The SMILES string of the molecule is CCn1c(=S)[nH]c2cc3c(NCc4cccc(OCCCN5CCOCC5)c4)ncnc3cc21. The summed E-state index contributed by atoms with van der Waals surface area (Å²) < 4.78 is 14.2. The monoisotopic (exact) mass is 478 g/mol. The van der Waals surface area contributed by atoms with E-state index in [0.717, 1.165) is 89.7 Å². The topological polar surface area (TPSA) is 80.2 Å². The summed E-state index contributed by atoms with van der Waals surface area (Å²) in [7, 11) is 0. The van der Waals surface area contributed by atoms with Crippen LogP contribution in [0.3, 0.4) is 0 Å². The smallest absolute Gasteiger partial charge is 0.178 e. The molecule has 5 rings (SSSR count). The van der Waals surface area contributed by atoms with Gasteiger partial charge in [-0.15, -0.1) is 0 Å². The van der Waals surface area contributed by atoms with Crippen molar-refractivity contribution in [2.75, 3.05) is 44.8 Å². The van der Waals surface area contributed by atoms with Crippen LogP contribution >= 0.6 is 12.2 Å². The van der Waals surface area contributed by atoms with Gasteiger partial charge < -0.3 is 24.3 Å². The summed E-state index contributed by atoms with van der Waals surface area (Å²) in [6.45, 7) is 8.99. The number of hydrogen-bond acceptors (Lipinski definition) is 7. The zero-order valence-corrected chi connectivity index (χ0v) is 20.2. The first-order valence-corrected chi connectivity index (χ1v) is 12.2. The van der Waals surface area contributed by atoms with Gasteiger partial charge in [0.2, 0.25) is 0 Å². The van der Waals surface area contributed by atoms with Crippen molar-refractivity contribution in [2.45, 2.75) is 26.4 Å². The lowest BCUT2D eigenvalue weighted by molar-refractivity contribution is 0.0358. The third kappa shape index (κ3) is 5.06. The fraction of sp³-hybridized carbons (Fsp3) is 0.400. The lowest BCUT2D eigenvalue weighted by atomic mass is 10.2. The number of benzene rings is 2. The van der Waals surface area contributed by atoms with Gasteiger partial charge in [-0.2, -0.15) is 0 Å². The molecule has 0 unspecified atom stereocenters. The molecule has 34 heavy (non-hydrogen) atoms. The van der Waals surface area contributed by atoms with Crippen LogP contribution in [0.15, 0.2) is 42.7 Å². The third-order valence-corrected chi connectivity index (χ3v) is 6.52. The van der Waals surface area contributed by atoms with Crippen LogP contribution in [0, 0.1) is 4.77 Å². The Labute approximate surface area is 203 Å². The second kappa shape index (κ2) is 10.5. The van der Waals surface area contributed by atoms with E-state index in [9.17, 15) is 0 Å². The Morgan fingerprint density at radius 1 is 1.18 bits per heavy atom. The Hall–Kier alpha value is -3.01. The van der Waals surface area contributed by atoms with Crippen molar-refractivity contribution in [3.8, 4) is 5.75 Å². The fourth-order valence-corrected chi connectivity index (χ4v) is 4.73. The van der Waals surface area contributed by atoms with Crippen LogP contribution < -0.4 is 10.1 Å². The molecule has 8 nitrogen and oxygen atoms in total. The lowest BCUT2D eigenvalue weighted by Gasteiger charge is -2.26. The highest BCUT2D eigenvalue weighted by Gasteiger charge is 2.11. The van der Waals surface area contributed by atoms with Crippen molar-refractivity contribution in [3.05, 3.63) is 53.1 Å². The maximum atomic E-state index is 6.00. The molecule has 4 aromatic rings. The number of aryl methyl sites for hydroxylation is 1. The number of fused-ring (bicyclic) bond motifs is 2. The highest BCUT2D eigenvalue weighted by atomic mass is 32.1. The minimum absolute atomic E-state index is 0.640. The van der Waals surface area contributed by atoms with Gasteiger partial charge in [0.15, 0.2) is 4.77 Å². The number of anilines is 1. The number of ether oxygens (including phenoxy) is 2. The van der Waals surface area contributed by atoms with Crippen molar-refractivity contribution < 1.29 is 9.47 Å². The quantitative estimate of drug-likeness (QED) is 0.273. The predicted octanol–water partition coefficient (Wildman–Crippen LogP) is 4.38. The summed E-state index contributed by atoms with van der Waals surface area (Å²) in [6, 6.07) is 12.4. The van der Waals surface area contributed by atoms with E-state index in [4.69, 9.17) is 21.7 Å². The number of H-pyrrole nitrogens is 1. The Kier molecular flexibility index (Phi) is 7.03. The van der Waals surface area contributed by atoms with Crippen LogP contribution in [0.1, 0.15) is 18.9 Å². The molecular weight excluding hydrogens is 448 g/mol. The van der Waals surface area contributed by atoms with Crippen molar-refractivity contribution in [3.63, 3.8) is 0 Å². The first-order chi connectivity index (χ1) is 16.7. The standard InChI is InChI=1S/C25H30N6O2S/c1-2-31-23-15-21-20(14-22(23)29-25(31)34)24(28-17-27-21)26-16-18-5-3-6-19(13-18)33-10-4-7-30-8-11-32-12-9-30/h3,5-6,13-15,17H,2,4,7-12,16H2,1H3,(H,29,34)(H,26,27,28). The molecule has 1 fully saturated rings. The first-order valence-electron chi connectivity index (χ1n) is 11.8. The Balaban J connectivity index is 1.23. The summed E-state index contributed by atoms with van der Waals surface area (Å²) in [6.07, 6.45) is 2.61. The second-order valence-corrected chi connectivity index (χ2v) is 8.83. The van der Waals surface area contributed by atoms with Crippen molar-refractivity contribution in [1.82, 2.24) is 24.4 Å².